The van der Waals surface area contributed by atoms with E-state index in [2.05, 4.69) is 108 Å². The summed E-state index contributed by atoms with van der Waals surface area (Å²) >= 11 is 5.41. The van der Waals surface area contributed by atoms with Crippen molar-refractivity contribution in [1.29, 1.82) is 0 Å². The van der Waals surface area contributed by atoms with Crippen molar-refractivity contribution in [3.63, 3.8) is 0 Å². The van der Waals surface area contributed by atoms with Gasteiger partial charge in [0.15, 0.2) is 0 Å². The Morgan fingerprint density at radius 1 is 0.481 bits per heavy atom. The number of benzene rings is 2. The summed E-state index contributed by atoms with van der Waals surface area (Å²) in [4.78, 5) is 8.37. The summed E-state index contributed by atoms with van der Waals surface area (Å²) in [6.45, 7) is 0. The molecule has 5 heteroatoms. The molecule has 0 unspecified atom stereocenters. The van der Waals surface area contributed by atoms with Gasteiger partial charge >= 0.3 is 116 Å². The zero-order valence-electron chi connectivity index (χ0n) is 14.5. The molecule has 0 N–H and O–H groups in total. The SMILES string of the molecule is [I][Sn]([I])([c]1ccccc1)[c]1ccccc1.c1ccc(-c2ccccn2)nc1. The first-order valence-corrected chi connectivity index (χ1v) is 28.0. The van der Waals surface area contributed by atoms with Gasteiger partial charge in [-0.2, -0.15) is 0 Å². The monoisotopic (exact) mass is 684 g/mol. The van der Waals surface area contributed by atoms with Crippen LogP contribution in [0.1, 0.15) is 0 Å². The molecular weight excluding hydrogens is 665 g/mol. The summed E-state index contributed by atoms with van der Waals surface area (Å²) in [5.74, 6) is 0. The summed E-state index contributed by atoms with van der Waals surface area (Å²) in [6.07, 6.45) is 3.54. The second-order valence-electron chi connectivity index (χ2n) is 5.74. The molecule has 2 nitrogen and oxygen atoms in total. The predicted molar refractivity (Wildman–Crippen MR) is 133 cm³/mol. The van der Waals surface area contributed by atoms with Gasteiger partial charge in [-0.1, -0.05) is 12.1 Å². The molecule has 0 atom stereocenters. The molecule has 0 saturated heterocycles. The van der Waals surface area contributed by atoms with E-state index in [4.69, 9.17) is 0 Å². The van der Waals surface area contributed by atoms with Crippen LogP contribution in [-0.2, 0) is 0 Å². The van der Waals surface area contributed by atoms with Crippen LogP contribution in [0.3, 0.4) is 0 Å². The Morgan fingerprint density at radius 2 is 0.852 bits per heavy atom. The third-order valence-electron chi connectivity index (χ3n) is 3.86. The zero-order chi connectivity index (χ0) is 19.0. The van der Waals surface area contributed by atoms with Gasteiger partial charge in [-0.05, 0) is 24.3 Å². The van der Waals surface area contributed by atoms with E-state index in [9.17, 15) is 0 Å². The van der Waals surface area contributed by atoms with Crippen LogP contribution in [0.15, 0.2) is 109 Å². The van der Waals surface area contributed by atoms with E-state index in [0.717, 1.165) is 11.4 Å². The Labute approximate surface area is 183 Å². The Hall–Kier alpha value is -1.00. The Bertz CT molecular complexity index is 856. The molecule has 0 aliphatic rings. The Balaban J connectivity index is 0.000000159. The summed E-state index contributed by atoms with van der Waals surface area (Å²) < 4.78 is 3.08. The molecule has 0 aliphatic carbocycles. The molecule has 2 heterocycles. The topological polar surface area (TPSA) is 25.8 Å². The van der Waals surface area contributed by atoms with Crippen molar-refractivity contribution in [2.24, 2.45) is 0 Å². The van der Waals surface area contributed by atoms with Crippen molar-refractivity contribution in [3.8, 4) is 11.4 Å². The smallest absolute Gasteiger partial charge is 0.0886 e. The molecule has 2 aromatic heterocycles. The van der Waals surface area contributed by atoms with Crippen LogP contribution in [0.5, 0.6) is 0 Å². The normalized spacial score (nSPS) is 10.6. The van der Waals surface area contributed by atoms with Gasteiger partial charge in [0.2, 0.25) is 0 Å². The van der Waals surface area contributed by atoms with Gasteiger partial charge in [0.1, 0.15) is 0 Å². The average molecular weight is 683 g/mol. The molecule has 2 aromatic carbocycles. The molecule has 4 aromatic rings. The quantitative estimate of drug-likeness (QED) is 0.218. The van der Waals surface area contributed by atoms with Crippen LogP contribution in [0.4, 0.5) is 0 Å². The van der Waals surface area contributed by atoms with Crippen molar-refractivity contribution in [2.75, 3.05) is 0 Å². The van der Waals surface area contributed by atoms with Gasteiger partial charge < -0.3 is 0 Å². The molecule has 0 spiro atoms. The standard InChI is InChI=1S/C10H8N2.2C6H5.2HI.Sn/c1-3-7-11-9(5-1)10-6-2-4-8-12-10;2*1-2-4-6-5-3-1;;;/h1-8H;2*1-5H;2*1H;/q;;;;;+2/p-2. The summed E-state index contributed by atoms with van der Waals surface area (Å²) in [5.41, 5.74) is 1.83. The molecule has 27 heavy (non-hydrogen) atoms. The van der Waals surface area contributed by atoms with Crippen molar-refractivity contribution in [3.05, 3.63) is 109 Å². The molecule has 0 aliphatic heterocycles. The van der Waals surface area contributed by atoms with E-state index in [1.165, 1.54) is 0 Å². The predicted octanol–water partition coefficient (Wildman–Crippen LogP) is 5.26. The fraction of sp³-hybridized carbons (Fsp3) is 0. The second-order valence-corrected chi connectivity index (χ2v) is 47.9. The summed E-state index contributed by atoms with van der Waals surface area (Å²) in [5, 5.41) is 0. The number of nitrogens with zero attached hydrogens (tertiary/aromatic N) is 2. The first-order chi connectivity index (χ1) is 13.2. The number of pyridine rings is 2. The maximum absolute atomic E-state index is 4.19. The van der Waals surface area contributed by atoms with Gasteiger partial charge in [-0.3, -0.25) is 9.97 Å². The molecule has 0 saturated carbocycles. The van der Waals surface area contributed by atoms with E-state index in [1.54, 1.807) is 19.6 Å². The first-order valence-electron chi connectivity index (χ1n) is 8.49. The minimum absolute atomic E-state index is 0.915. The van der Waals surface area contributed by atoms with Gasteiger partial charge in [-0.15, -0.1) is 0 Å². The maximum Gasteiger partial charge on any atom is 0.0886 e. The zero-order valence-corrected chi connectivity index (χ0v) is 21.7. The summed E-state index contributed by atoms with van der Waals surface area (Å²) in [6, 6.07) is 33.4. The molecule has 0 radical (unpaired) electrons. The van der Waals surface area contributed by atoms with Crippen LogP contribution in [0, 0.1) is 0 Å². The second kappa shape index (κ2) is 10.5. The van der Waals surface area contributed by atoms with Crippen molar-refractivity contribution in [2.45, 2.75) is 0 Å². The number of halogens is 2. The van der Waals surface area contributed by atoms with E-state index >= 15 is 0 Å². The molecule has 0 fully saturated rings. The average Bonchev–Trinajstić information content (AvgIpc) is 2.77. The van der Waals surface area contributed by atoms with E-state index in [1.807, 2.05) is 36.4 Å². The van der Waals surface area contributed by atoms with Crippen LogP contribution in [0.25, 0.3) is 11.4 Å². The Morgan fingerprint density at radius 3 is 1.19 bits per heavy atom. The van der Waals surface area contributed by atoms with Crippen molar-refractivity contribution in [1.82, 2.24) is 9.97 Å². The third-order valence-corrected chi connectivity index (χ3v) is 26.6. The van der Waals surface area contributed by atoms with Crippen LogP contribution < -0.4 is 7.16 Å². The molecular formula is C22H18I2N2Sn. The van der Waals surface area contributed by atoms with Crippen molar-refractivity contribution >= 4 is 54.9 Å². The fourth-order valence-corrected chi connectivity index (χ4v) is 16.6. The molecule has 0 bridgehead atoms. The van der Waals surface area contributed by atoms with Crippen LogP contribution in [-0.4, -0.2) is 20.4 Å². The number of rotatable bonds is 3. The maximum atomic E-state index is 4.19. The third kappa shape index (κ3) is 5.99. The largest absolute Gasteiger partial charge is 0.255 e. The number of hydrogen-bond donors (Lipinski definition) is 0. The van der Waals surface area contributed by atoms with Crippen LogP contribution in [0.2, 0.25) is 0 Å². The van der Waals surface area contributed by atoms with E-state index < -0.39 is 10.4 Å². The van der Waals surface area contributed by atoms with Gasteiger partial charge in [0.25, 0.3) is 0 Å². The van der Waals surface area contributed by atoms with E-state index in [0.29, 0.717) is 0 Å². The van der Waals surface area contributed by atoms with E-state index in [-0.39, 0.29) is 0 Å². The van der Waals surface area contributed by atoms with Gasteiger partial charge in [-0.25, -0.2) is 0 Å². The fourth-order valence-electron chi connectivity index (χ4n) is 2.49. The van der Waals surface area contributed by atoms with Gasteiger partial charge in [0, 0.05) is 12.4 Å². The van der Waals surface area contributed by atoms with Gasteiger partial charge in [0.05, 0.1) is 11.4 Å². The number of hydrogen-bond acceptors (Lipinski definition) is 2. The minimum atomic E-state index is -2.30. The van der Waals surface area contributed by atoms with Crippen molar-refractivity contribution < 1.29 is 0 Å². The number of aromatic nitrogens is 2. The Kier molecular flexibility index (Phi) is 8.07. The molecule has 0 amide bonds. The van der Waals surface area contributed by atoms with Crippen LogP contribution >= 0.6 is 37.3 Å². The molecule has 134 valence electrons. The summed E-state index contributed by atoms with van der Waals surface area (Å²) in [7, 11) is -2.30. The first kappa shape index (κ1) is 20.7. The minimum Gasteiger partial charge on any atom is -0.255 e. The molecule has 4 rings (SSSR count).